The fourth-order valence-electron chi connectivity index (χ4n) is 2.74. The number of aromatic nitrogens is 1. The third kappa shape index (κ3) is 5.09. The van der Waals surface area contributed by atoms with Gasteiger partial charge in [0.05, 0.1) is 26.9 Å². The molecule has 26 heavy (non-hydrogen) atoms. The zero-order valence-electron chi connectivity index (χ0n) is 15.0. The lowest BCUT2D eigenvalue weighted by Gasteiger charge is -2.35. The van der Waals surface area contributed by atoms with Crippen LogP contribution in [0.1, 0.15) is 5.56 Å². The molecule has 1 aliphatic rings. The topological polar surface area (TPSA) is 76.2 Å². The van der Waals surface area contributed by atoms with Crippen molar-refractivity contribution in [3.05, 3.63) is 41.4 Å². The van der Waals surface area contributed by atoms with Gasteiger partial charge in [-0.05, 0) is 17.7 Å². The molecule has 0 atom stereocenters. The number of hydrogen-bond acceptors (Lipinski definition) is 6. The number of rotatable bonds is 7. The van der Waals surface area contributed by atoms with Gasteiger partial charge in [0.2, 0.25) is 0 Å². The monoisotopic (exact) mass is 375 g/mol. The van der Waals surface area contributed by atoms with Gasteiger partial charge in [-0.3, -0.25) is 4.99 Å². The average molecular weight is 375 g/mol. The van der Waals surface area contributed by atoms with E-state index in [-0.39, 0.29) is 0 Å². The summed E-state index contributed by atoms with van der Waals surface area (Å²) in [4.78, 5) is 13.2. The summed E-state index contributed by atoms with van der Waals surface area (Å²) in [5, 5.41) is 3.08. The van der Waals surface area contributed by atoms with Crippen molar-refractivity contribution in [1.29, 1.82) is 0 Å². The third-order valence-electron chi connectivity index (χ3n) is 4.23. The second kappa shape index (κ2) is 9.40. The average Bonchev–Trinajstić information content (AvgIpc) is 3.23. The van der Waals surface area contributed by atoms with Crippen molar-refractivity contribution in [3.63, 3.8) is 0 Å². The van der Waals surface area contributed by atoms with Gasteiger partial charge in [0, 0.05) is 37.8 Å². The van der Waals surface area contributed by atoms with Gasteiger partial charge in [-0.25, -0.2) is 4.98 Å². The molecule has 140 valence electrons. The van der Waals surface area contributed by atoms with Crippen LogP contribution < -0.4 is 15.4 Å². The number of aliphatic imine (C=N–C) groups is 1. The molecule has 2 aromatic rings. The number of guanidine groups is 1. The van der Waals surface area contributed by atoms with E-state index >= 15 is 0 Å². The zero-order chi connectivity index (χ0) is 18.2. The van der Waals surface area contributed by atoms with Crippen molar-refractivity contribution in [2.45, 2.75) is 6.61 Å². The Balaban J connectivity index is 1.34. The minimum atomic E-state index is 0.547. The molecule has 2 N–H and O–H groups in total. The fourth-order valence-corrected chi connectivity index (χ4v) is 3.43. The molecule has 0 aliphatic carbocycles. The molecule has 0 saturated carbocycles. The first kappa shape index (κ1) is 18.5. The summed E-state index contributed by atoms with van der Waals surface area (Å²) in [5.74, 6) is 1.44. The highest BCUT2D eigenvalue weighted by Gasteiger charge is 2.19. The molecule has 0 unspecified atom stereocenters. The first-order valence-electron chi connectivity index (χ1n) is 8.66. The van der Waals surface area contributed by atoms with Crippen molar-refractivity contribution in [2.24, 2.45) is 10.7 Å². The minimum absolute atomic E-state index is 0.547. The summed E-state index contributed by atoms with van der Waals surface area (Å²) in [5.41, 5.74) is 7.22. The minimum Gasteiger partial charge on any atom is -0.497 e. The van der Waals surface area contributed by atoms with Crippen molar-refractivity contribution < 1.29 is 9.47 Å². The van der Waals surface area contributed by atoms with E-state index in [9.17, 15) is 0 Å². The van der Waals surface area contributed by atoms with Crippen molar-refractivity contribution in [1.82, 2.24) is 9.88 Å². The maximum absolute atomic E-state index is 6.11. The van der Waals surface area contributed by atoms with E-state index in [1.54, 1.807) is 18.4 Å². The largest absolute Gasteiger partial charge is 0.497 e. The molecule has 1 saturated heterocycles. The number of benzene rings is 1. The molecule has 2 heterocycles. The van der Waals surface area contributed by atoms with Gasteiger partial charge in [0.15, 0.2) is 11.1 Å². The van der Waals surface area contributed by atoms with Crippen LogP contribution in [0, 0.1) is 0 Å². The van der Waals surface area contributed by atoms with Crippen molar-refractivity contribution in [2.75, 3.05) is 51.3 Å². The number of ether oxygens (including phenoxy) is 2. The first-order valence-corrected chi connectivity index (χ1v) is 9.54. The molecule has 7 nitrogen and oxygen atoms in total. The van der Waals surface area contributed by atoms with E-state index in [0.717, 1.165) is 42.6 Å². The summed E-state index contributed by atoms with van der Waals surface area (Å²) in [6.07, 6.45) is 1.84. The maximum Gasteiger partial charge on any atom is 0.191 e. The molecule has 1 aliphatic heterocycles. The summed E-state index contributed by atoms with van der Waals surface area (Å²) >= 11 is 1.67. The lowest BCUT2D eigenvalue weighted by atomic mass is 10.2. The smallest absolute Gasteiger partial charge is 0.191 e. The van der Waals surface area contributed by atoms with Crippen LogP contribution in [0.25, 0.3) is 0 Å². The van der Waals surface area contributed by atoms with Crippen molar-refractivity contribution >= 4 is 22.4 Å². The summed E-state index contributed by atoms with van der Waals surface area (Å²) in [7, 11) is 1.66. The van der Waals surface area contributed by atoms with Gasteiger partial charge in [-0.15, -0.1) is 11.3 Å². The number of nitrogens with zero attached hydrogens (tertiary/aromatic N) is 4. The van der Waals surface area contributed by atoms with E-state index in [4.69, 9.17) is 15.2 Å². The van der Waals surface area contributed by atoms with Gasteiger partial charge >= 0.3 is 0 Å². The third-order valence-corrected chi connectivity index (χ3v) is 5.06. The fraction of sp³-hybridized carbons (Fsp3) is 0.444. The standard InChI is InChI=1S/C18H25N5O2S/c1-24-16-4-2-15(3-5-16)14-25-12-6-20-17(19)22-8-10-23(11-9-22)18-21-7-13-26-18/h2-5,7,13H,6,8-12,14H2,1H3,(H2,19,20). The highest BCUT2D eigenvalue weighted by molar-refractivity contribution is 7.13. The zero-order valence-corrected chi connectivity index (χ0v) is 15.8. The molecule has 0 spiro atoms. The second-order valence-corrected chi connectivity index (χ2v) is 6.80. The van der Waals surface area contributed by atoms with Gasteiger partial charge in [-0.2, -0.15) is 0 Å². The molecule has 0 bridgehead atoms. The Morgan fingerprint density at radius 3 is 2.65 bits per heavy atom. The van der Waals surface area contributed by atoms with Crippen LogP contribution in [0.5, 0.6) is 5.75 Å². The Kier molecular flexibility index (Phi) is 6.68. The van der Waals surface area contributed by atoms with E-state index in [0.29, 0.717) is 25.7 Å². The van der Waals surface area contributed by atoms with E-state index in [2.05, 4.69) is 19.8 Å². The molecule has 0 radical (unpaired) electrons. The summed E-state index contributed by atoms with van der Waals surface area (Å²) < 4.78 is 10.8. The normalized spacial score (nSPS) is 15.3. The van der Waals surface area contributed by atoms with Gasteiger partial charge in [0.1, 0.15) is 5.75 Å². The Morgan fingerprint density at radius 2 is 2.00 bits per heavy atom. The van der Waals surface area contributed by atoms with E-state index in [1.807, 2.05) is 35.8 Å². The highest BCUT2D eigenvalue weighted by Crippen LogP contribution is 2.18. The molecule has 0 amide bonds. The number of piperazine rings is 1. The van der Waals surface area contributed by atoms with Crippen LogP contribution in [-0.2, 0) is 11.3 Å². The molecule has 8 heteroatoms. The Bertz CT molecular complexity index is 682. The predicted octanol–water partition coefficient (Wildman–Crippen LogP) is 1.81. The van der Waals surface area contributed by atoms with Crippen LogP contribution in [0.15, 0.2) is 40.8 Å². The number of nitrogens with two attached hydrogens (primary N) is 1. The molecule has 3 rings (SSSR count). The van der Waals surface area contributed by atoms with E-state index in [1.165, 1.54) is 0 Å². The van der Waals surface area contributed by atoms with Crippen molar-refractivity contribution in [3.8, 4) is 5.75 Å². The number of methoxy groups -OCH3 is 1. The van der Waals surface area contributed by atoms with Crippen LogP contribution >= 0.6 is 11.3 Å². The Labute approximate surface area is 158 Å². The number of thiazole rings is 1. The SMILES string of the molecule is COc1ccc(COCCN=C(N)N2CCN(c3nccs3)CC2)cc1. The molecule has 1 aromatic heterocycles. The molecular weight excluding hydrogens is 350 g/mol. The Hall–Kier alpha value is -2.32. The summed E-state index contributed by atoms with van der Waals surface area (Å²) in [6.45, 7) is 5.23. The maximum atomic E-state index is 6.11. The van der Waals surface area contributed by atoms with E-state index < -0.39 is 0 Å². The first-order chi connectivity index (χ1) is 12.8. The Morgan fingerprint density at radius 1 is 1.23 bits per heavy atom. The lowest BCUT2D eigenvalue weighted by Crippen LogP contribution is -2.51. The lowest BCUT2D eigenvalue weighted by molar-refractivity contribution is 0.128. The van der Waals surface area contributed by atoms with Gasteiger partial charge < -0.3 is 25.0 Å². The molecular formula is C18H25N5O2S. The number of hydrogen-bond donors (Lipinski definition) is 1. The van der Waals surface area contributed by atoms with Crippen LogP contribution in [0.2, 0.25) is 0 Å². The van der Waals surface area contributed by atoms with Gasteiger partial charge in [0.25, 0.3) is 0 Å². The highest BCUT2D eigenvalue weighted by atomic mass is 32.1. The van der Waals surface area contributed by atoms with Crippen LogP contribution in [-0.4, -0.2) is 62.3 Å². The van der Waals surface area contributed by atoms with Crippen LogP contribution in [0.3, 0.4) is 0 Å². The number of anilines is 1. The van der Waals surface area contributed by atoms with Gasteiger partial charge in [-0.1, -0.05) is 12.1 Å². The predicted molar refractivity (Wildman–Crippen MR) is 105 cm³/mol. The quantitative estimate of drug-likeness (QED) is 0.452. The second-order valence-electron chi connectivity index (χ2n) is 5.93. The molecule has 1 aromatic carbocycles. The molecule has 1 fully saturated rings. The summed E-state index contributed by atoms with van der Waals surface area (Å²) in [6, 6.07) is 7.86. The van der Waals surface area contributed by atoms with Crippen LogP contribution in [0.4, 0.5) is 5.13 Å².